The number of hydrogen-bond acceptors (Lipinski definition) is 3. The first-order chi connectivity index (χ1) is 10.7. The molecule has 9 heteroatoms. The molecule has 0 atom stereocenters. The van der Waals surface area contributed by atoms with E-state index in [9.17, 15) is 26.7 Å². The van der Waals surface area contributed by atoms with E-state index in [1.54, 1.807) is 0 Å². The van der Waals surface area contributed by atoms with Crippen molar-refractivity contribution in [3.05, 3.63) is 47.0 Å². The van der Waals surface area contributed by atoms with Gasteiger partial charge in [-0.05, 0) is 19.1 Å². The molecule has 0 unspecified atom stereocenters. The summed E-state index contributed by atoms with van der Waals surface area (Å²) in [6.45, 7) is 1.30. The van der Waals surface area contributed by atoms with Crippen molar-refractivity contribution in [2.45, 2.75) is 25.9 Å². The van der Waals surface area contributed by atoms with Crippen molar-refractivity contribution in [3.63, 3.8) is 0 Å². The van der Waals surface area contributed by atoms with Crippen molar-refractivity contribution in [2.75, 3.05) is 5.32 Å². The second-order valence-electron chi connectivity index (χ2n) is 4.68. The number of nitrogens with zero attached hydrogens (tertiary/aromatic N) is 1. The number of nitrogens with one attached hydrogen (secondary N) is 1. The van der Waals surface area contributed by atoms with Gasteiger partial charge >= 0.3 is 6.18 Å². The smallest absolute Gasteiger partial charge is 0.419 e. The zero-order chi connectivity index (χ0) is 17.2. The summed E-state index contributed by atoms with van der Waals surface area (Å²) in [5.41, 5.74) is -1.70. The van der Waals surface area contributed by atoms with Gasteiger partial charge in [0.05, 0.1) is 12.0 Å². The van der Waals surface area contributed by atoms with E-state index in [0.717, 1.165) is 18.3 Å². The number of hydrogen-bond donors (Lipinski definition) is 1. The van der Waals surface area contributed by atoms with Gasteiger partial charge in [-0.2, -0.15) is 13.2 Å². The second kappa shape index (κ2) is 6.35. The number of carbonyl (C=O) groups excluding carboxylic acids is 1. The first-order valence-corrected chi connectivity index (χ1v) is 6.36. The molecule has 0 fully saturated rings. The van der Waals surface area contributed by atoms with E-state index in [4.69, 9.17) is 4.42 Å². The van der Waals surface area contributed by atoms with Crippen LogP contribution in [0.25, 0.3) is 0 Å². The van der Waals surface area contributed by atoms with Crippen LogP contribution < -0.4 is 5.32 Å². The quantitative estimate of drug-likeness (QED) is 0.856. The van der Waals surface area contributed by atoms with Crippen molar-refractivity contribution in [1.82, 2.24) is 4.98 Å². The Balaban J connectivity index is 2.15. The van der Waals surface area contributed by atoms with E-state index in [1.807, 2.05) is 0 Å². The molecule has 2 aromatic rings. The van der Waals surface area contributed by atoms with Gasteiger partial charge in [0.25, 0.3) is 6.43 Å². The predicted octanol–water partition coefficient (Wildman–Crippen LogP) is 4.12. The fourth-order valence-corrected chi connectivity index (χ4v) is 1.94. The lowest BCUT2D eigenvalue weighted by atomic mass is 10.1. The van der Waals surface area contributed by atoms with E-state index >= 15 is 0 Å². The molecule has 124 valence electrons. The van der Waals surface area contributed by atoms with Crippen LogP contribution in [0, 0.1) is 6.92 Å². The number of alkyl halides is 5. The number of aromatic nitrogens is 1. The van der Waals surface area contributed by atoms with Crippen LogP contribution in [0.4, 0.5) is 27.8 Å². The molecule has 0 bridgehead atoms. The summed E-state index contributed by atoms with van der Waals surface area (Å²) in [5, 5.41) is 2.19. The third kappa shape index (κ3) is 4.05. The summed E-state index contributed by atoms with van der Waals surface area (Å²) in [7, 11) is 0. The highest BCUT2D eigenvalue weighted by molar-refractivity contribution is 5.91. The number of halogens is 5. The van der Waals surface area contributed by atoms with Crippen molar-refractivity contribution in [1.29, 1.82) is 0 Å². The third-order valence-electron chi connectivity index (χ3n) is 3.05. The first-order valence-electron chi connectivity index (χ1n) is 6.36. The molecule has 0 radical (unpaired) electrons. The Morgan fingerprint density at radius 1 is 1.39 bits per heavy atom. The zero-order valence-corrected chi connectivity index (χ0v) is 11.7. The average Bonchev–Trinajstić information content (AvgIpc) is 2.80. The van der Waals surface area contributed by atoms with Gasteiger partial charge in [-0.1, -0.05) is 0 Å². The fourth-order valence-electron chi connectivity index (χ4n) is 1.94. The van der Waals surface area contributed by atoms with E-state index in [2.05, 4.69) is 10.3 Å². The highest BCUT2D eigenvalue weighted by atomic mass is 19.4. The van der Waals surface area contributed by atoms with E-state index in [0.29, 0.717) is 6.26 Å². The van der Waals surface area contributed by atoms with Crippen LogP contribution in [-0.2, 0) is 17.4 Å². The largest absolute Gasteiger partial charge is 0.469 e. The van der Waals surface area contributed by atoms with Crippen LogP contribution in [0.2, 0.25) is 0 Å². The fraction of sp³-hybridized carbons (Fsp3) is 0.286. The normalized spacial score (nSPS) is 11.8. The second-order valence-corrected chi connectivity index (χ2v) is 4.68. The van der Waals surface area contributed by atoms with Crippen LogP contribution in [0.1, 0.15) is 28.9 Å². The van der Waals surface area contributed by atoms with Crippen molar-refractivity contribution in [2.24, 2.45) is 0 Å². The Bertz CT molecular complexity index is 709. The number of anilines is 1. The Morgan fingerprint density at radius 3 is 2.70 bits per heavy atom. The zero-order valence-electron chi connectivity index (χ0n) is 11.7. The molecular weight excluding hydrogens is 323 g/mol. The summed E-state index contributed by atoms with van der Waals surface area (Å²) in [5.74, 6) is -1.02. The summed E-state index contributed by atoms with van der Waals surface area (Å²) in [6, 6.07) is 2.03. The minimum atomic E-state index is -4.65. The SMILES string of the molecule is Cc1occ(C(F)(F)F)c1CC(=O)Nc1cc(C(F)F)ccn1. The summed E-state index contributed by atoms with van der Waals surface area (Å²) in [4.78, 5) is 15.5. The summed E-state index contributed by atoms with van der Waals surface area (Å²) in [6.07, 6.45) is -6.41. The lowest BCUT2D eigenvalue weighted by Gasteiger charge is -2.09. The molecule has 2 rings (SSSR count). The molecule has 0 aliphatic rings. The topological polar surface area (TPSA) is 55.1 Å². The maximum atomic E-state index is 12.8. The standard InChI is InChI=1S/C14H11F5N2O2/c1-7-9(10(6-23-7)14(17,18)19)5-12(22)21-11-4-8(13(15)16)2-3-20-11/h2-4,6,13H,5H2,1H3,(H,20,21,22). The molecule has 0 spiro atoms. The van der Waals surface area contributed by atoms with Gasteiger partial charge in [0.2, 0.25) is 5.91 Å². The third-order valence-corrected chi connectivity index (χ3v) is 3.05. The lowest BCUT2D eigenvalue weighted by Crippen LogP contribution is -2.18. The van der Waals surface area contributed by atoms with Gasteiger partial charge in [0, 0.05) is 17.3 Å². The van der Waals surface area contributed by atoms with Crippen LogP contribution in [0.5, 0.6) is 0 Å². The lowest BCUT2D eigenvalue weighted by molar-refractivity contribution is -0.138. The van der Waals surface area contributed by atoms with Gasteiger partial charge in [0.15, 0.2) is 0 Å². The van der Waals surface area contributed by atoms with Gasteiger partial charge in [-0.25, -0.2) is 13.8 Å². The molecule has 0 aromatic carbocycles. The maximum Gasteiger partial charge on any atom is 0.419 e. The molecule has 0 saturated heterocycles. The Morgan fingerprint density at radius 2 is 2.09 bits per heavy atom. The van der Waals surface area contributed by atoms with Crippen LogP contribution in [-0.4, -0.2) is 10.9 Å². The molecule has 2 aromatic heterocycles. The Hall–Kier alpha value is -2.45. The highest BCUT2D eigenvalue weighted by Gasteiger charge is 2.36. The number of rotatable bonds is 4. The number of amides is 1. The predicted molar refractivity (Wildman–Crippen MR) is 70.0 cm³/mol. The van der Waals surface area contributed by atoms with Crippen molar-refractivity contribution in [3.8, 4) is 0 Å². The van der Waals surface area contributed by atoms with Crippen LogP contribution >= 0.6 is 0 Å². The molecule has 0 saturated carbocycles. The maximum absolute atomic E-state index is 12.8. The monoisotopic (exact) mass is 334 g/mol. The van der Waals surface area contributed by atoms with E-state index < -0.39 is 30.5 Å². The van der Waals surface area contributed by atoms with Crippen molar-refractivity contribution < 1.29 is 31.2 Å². The molecule has 0 aliphatic carbocycles. The van der Waals surface area contributed by atoms with Crippen LogP contribution in [0.3, 0.4) is 0 Å². The van der Waals surface area contributed by atoms with Gasteiger partial charge in [-0.15, -0.1) is 0 Å². The number of furan rings is 1. The van der Waals surface area contributed by atoms with Gasteiger partial charge in [0.1, 0.15) is 17.8 Å². The van der Waals surface area contributed by atoms with Crippen molar-refractivity contribution >= 4 is 11.7 Å². The van der Waals surface area contributed by atoms with Gasteiger partial charge < -0.3 is 9.73 Å². The number of pyridine rings is 1. The molecular formula is C14H11F5N2O2. The number of carbonyl (C=O) groups is 1. The molecule has 0 aliphatic heterocycles. The minimum absolute atomic E-state index is 0.0400. The summed E-state index contributed by atoms with van der Waals surface area (Å²) >= 11 is 0. The van der Waals surface area contributed by atoms with E-state index in [1.165, 1.54) is 6.92 Å². The first kappa shape index (κ1) is 16.9. The van der Waals surface area contributed by atoms with E-state index in [-0.39, 0.29) is 22.7 Å². The van der Waals surface area contributed by atoms with Gasteiger partial charge in [-0.3, -0.25) is 4.79 Å². The Kier molecular flexibility index (Phi) is 4.67. The minimum Gasteiger partial charge on any atom is -0.469 e. The molecule has 2 heterocycles. The molecule has 23 heavy (non-hydrogen) atoms. The highest BCUT2D eigenvalue weighted by Crippen LogP contribution is 2.34. The van der Waals surface area contributed by atoms with Crippen LogP contribution in [0.15, 0.2) is 29.0 Å². The number of aryl methyl sites for hydroxylation is 1. The molecule has 1 N–H and O–H groups in total. The molecule has 4 nitrogen and oxygen atoms in total. The summed E-state index contributed by atoms with van der Waals surface area (Å²) < 4.78 is 68.2. The Labute approximate surface area is 127 Å². The molecule has 1 amide bonds. The average molecular weight is 334 g/mol.